The van der Waals surface area contributed by atoms with Gasteiger partial charge in [-0.2, -0.15) is 4.68 Å². The van der Waals surface area contributed by atoms with Crippen LogP contribution in [0.15, 0.2) is 47.6 Å². The van der Waals surface area contributed by atoms with Gasteiger partial charge in [-0.1, -0.05) is 42.1 Å². The molecule has 28 heavy (non-hydrogen) atoms. The second-order valence-corrected chi connectivity index (χ2v) is 7.41. The van der Waals surface area contributed by atoms with Crippen LogP contribution in [0.4, 0.5) is 0 Å². The van der Waals surface area contributed by atoms with Crippen molar-refractivity contribution in [3.63, 3.8) is 0 Å². The Kier molecular flexibility index (Phi) is 6.30. The Morgan fingerprint density at radius 1 is 1.21 bits per heavy atom. The third-order valence-electron chi connectivity index (χ3n) is 4.50. The van der Waals surface area contributed by atoms with Crippen molar-refractivity contribution in [2.24, 2.45) is 0 Å². The zero-order valence-electron chi connectivity index (χ0n) is 16.3. The molecule has 0 fully saturated rings. The summed E-state index contributed by atoms with van der Waals surface area (Å²) in [7, 11) is 1.59. The normalized spacial score (nSPS) is 11.9. The Balaban J connectivity index is 1.64. The van der Waals surface area contributed by atoms with Crippen molar-refractivity contribution >= 4 is 17.7 Å². The van der Waals surface area contributed by atoms with Crippen LogP contribution >= 0.6 is 11.8 Å². The van der Waals surface area contributed by atoms with Crippen LogP contribution in [-0.4, -0.2) is 39.0 Å². The predicted octanol–water partition coefficient (Wildman–Crippen LogP) is 3.26. The first-order chi connectivity index (χ1) is 13.5. The Bertz CT molecular complexity index is 973. The van der Waals surface area contributed by atoms with Gasteiger partial charge < -0.3 is 10.1 Å². The molecular weight excluding hydrogens is 374 g/mol. The second kappa shape index (κ2) is 8.88. The van der Waals surface area contributed by atoms with Crippen molar-refractivity contribution in [3.05, 3.63) is 59.2 Å². The molecule has 1 amide bonds. The van der Waals surface area contributed by atoms with Crippen molar-refractivity contribution in [2.45, 2.75) is 32.0 Å². The number of carbonyl (C=O) groups excluding carboxylic acids is 1. The molecule has 3 rings (SSSR count). The summed E-state index contributed by atoms with van der Waals surface area (Å²) in [6.07, 6.45) is 0. The zero-order chi connectivity index (χ0) is 20.1. The van der Waals surface area contributed by atoms with Crippen LogP contribution in [0.2, 0.25) is 0 Å². The number of hydrogen-bond acceptors (Lipinski definition) is 6. The number of amides is 1. The first-order valence-corrected chi connectivity index (χ1v) is 9.89. The first kappa shape index (κ1) is 19.9. The van der Waals surface area contributed by atoms with Crippen molar-refractivity contribution in [1.82, 2.24) is 25.5 Å². The van der Waals surface area contributed by atoms with Crippen LogP contribution in [-0.2, 0) is 4.79 Å². The molecule has 1 atom stereocenters. The fourth-order valence-electron chi connectivity index (χ4n) is 2.76. The van der Waals surface area contributed by atoms with Gasteiger partial charge in [0.25, 0.3) is 0 Å². The van der Waals surface area contributed by atoms with Crippen molar-refractivity contribution in [3.8, 4) is 11.4 Å². The summed E-state index contributed by atoms with van der Waals surface area (Å²) in [6.45, 7) is 6.12. The van der Waals surface area contributed by atoms with Crippen LogP contribution in [0, 0.1) is 13.8 Å². The molecule has 0 saturated heterocycles. The molecule has 1 heterocycles. The lowest BCUT2D eigenvalue weighted by Crippen LogP contribution is -2.28. The molecule has 1 aromatic heterocycles. The molecule has 1 N–H and O–H groups in total. The van der Waals surface area contributed by atoms with E-state index in [0.717, 1.165) is 11.3 Å². The highest BCUT2D eigenvalue weighted by Crippen LogP contribution is 2.25. The summed E-state index contributed by atoms with van der Waals surface area (Å²) >= 11 is 1.28. The van der Waals surface area contributed by atoms with Crippen LogP contribution in [0.3, 0.4) is 0 Å². The maximum Gasteiger partial charge on any atom is 0.230 e. The van der Waals surface area contributed by atoms with Gasteiger partial charge in [0.15, 0.2) is 0 Å². The number of aryl methyl sites for hydroxylation is 2. The number of nitrogens with zero attached hydrogens (tertiary/aromatic N) is 4. The van der Waals surface area contributed by atoms with Gasteiger partial charge in [-0.05, 0) is 60.0 Å². The SMILES string of the molecule is COc1ccccc1-n1nnnc1SCC(=O)N[C@@H](C)c1ccc(C)c(C)c1. The summed E-state index contributed by atoms with van der Waals surface area (Å²) in [5.41, 5.74) is 4.26. The molecule has 0 spiro atoms. The standard InChI is InChI=1S/C20H23N5O2S/c1-13-9-10-16(11-14(13)2)15(3)21-19(26)12-28-20-22-23-24-25(20)17-7-5-6-8-18(17)27-4/h5-11,15H,12H2,1-4H3,(H,21,26)/t15-/m0/s1. The lowest BCUT2D eigenvalue weighted by Gasteiger charge is -2.15. The van der Waals surface area contributed by atoms with Gasteiger partial charge in [0.1, 0.15) is 11.4 Å². The first-order valence-electron chi connectivity index (χ1n) is 8.90. The molecule has 146 valence electrons. The summed E-state index contributed by atoms with van der Waals surface area (Å²) in [5, 5.41) is 15.3. The van der Waals surface area contributed by atoms with Gasteiger partial charge in [-0.15, -0.1) is 5.10 Å². The third kappa shape index (κ3) is 4.51. The number of thioether (sulfide) groups is 1. The summed E-state index contributed by atoms with van der Waals surface area (Å²) in [4.78, 5) is 12.4. The van der Waals surface area contributed by atoms with E-state index in [9.17, 15) is 4.79 Å². The molecule has 0 bridgehead atoms. The predicted molar refractivity (Wildman–Crippen MR) is 109 cm³/mol. The Hall–Kier alpha value is -2.87. The number of carbonyl (C=O) groups is 1. The minimum atomic E-state index is -0.0784. The van der Waals surface area contributed by atoms with Crippen LogP contribution in [0.5, 0.6) is 5.75 Å². The molecule has 0 aliphatic heterocycles. The number of nitrogens with one attached hydrogen (secondary N) is 1. The minimum absolute atomic E-state index is 0.0717. The van der Waals surface area contributed by atoms with Gasteiger partial charge in [-0.3, -0.25) is 4.79 Å². The van der Waals surface area contributed by atoms with Crippen molar-refractivity contribution < 1.29 is 9.53 Å². The van der Waals surface area contributed by atoms with Gasteiger partial charge in [0, 0.05) is 0 Å². The molecule has 8 heteroatoms. The zero-order valence-corrected chi connectivity index (χ0v) is 17.2. The lowest BCUT2D eigenvalue weighted by molar-refractivity contribution is -0.119. The highest BCUT2D eigenvalue weighted by molar-refractivity contribution is 7.99. The Morgan fingerprint density at radius 3 is 2.75 bits per heavy atom. The van der Waals surface area contributed by atoms with E-state index in [1.807, 2.05) is 37.3 Å². The Labute approximate surface area is 168 Å². The van der Waals surface area contributed by atoms with E-state index in [1.165, 1.54) is 22.9 Å². The number of hydrogen-bond donors (Lipinski definition) is 1. The van der Waals surface area contributed by atoms with Crippen molar-refractivity contribution in [1.29, 1.82) is 0 Å². The second-order valence-electron chi connectivity index (χ2n) is 6.47. The number of aromatic nitrogens is 4. The fourth-order valence-corrected chi connectivity index (χ4v) is 3.45. The Morgan fingerprint density at radius 2 is 2.00 bits per heavy atom. The van der Waals surface area contributed by atoms with Crippen LogP contribution in [0.25, 0.3) is 5.69 Å². The maximum atomic E-state index is 12.4. The van der Waals surface area contributed by atoms with E-state index < -0.39 is 0 Å². The molecule has 0 radical (unpaired) electrons. The van der Waals surface area contributed by atoms with Gasteiger partial charge >= 0.3 is 0 Å². The topological polar surface area (TPSA) is 81.9 Å². The molecule has 0 unspecified atom stereocenters. The monoisotopic (exact) mass is 397 g/mol. The van der Waals surface area contributed by atoms with E-state index >= 15 is 0 Å². The number of methoxy groups -OCH3 is 1. The summed E-state index contributed by atoms with van der Waals surface area (Å²) in [5.74, 6) is 0.791. The highest BCUT2D eigenvalue weighted by Gasteiger charge is 2.16. The molecular formula is C20H23N5O2S. The summed E-state index contributed by atoms with van der Waals surface area (Å²) in [6, 6.07) is 13.6. The van der Waals surface area contributed by atoms with E-state index in [1.54, 1.807) is 11.8 Å². The van der Waals surface area contributed by atoms with E-state index in [0.29, 0.717) is 10.9 Å². The van der Waals surface area contributed by atoms with E-state index in [-0.39, 0.29) is 17.7 Å². The highest BCUT2D eigenvalue weighted by atomic mass is 32.2. The van der Waals surface area contributed by atoms with Gasteiger partial charge in [0.2, 0.25) is 11.1 Å². The van der Waals surface area contributed by atoms with E-state index in [4.69, 9.17) is 4.74 Å². The molecule has 0 saturated carbocycles. The molecule has 7 nitrogen and oxygen atoms in total. The number of rotatable bonds is 7. The minimum Gasteiger partial charge on any atom is -0.494 e. The molecule has 3 aromatic rings. The molecule has 0 aliphatic carbocycles. The number of benzene rings is 2. The molecule has 0 aliphatic rings. The van der Waals surface area contributed by atoms with Crippen LogP contribution in [0.1, 0.15) is 29.7 Å². The number of ether oxygens (including phenoxy) is 1. The van der Waals surface area contributed by atoms with E-state index in [2.05, 4.69) is 46.8 Å². The van der Waals surface area contributed by atoms with Gasteiger partial charge in [-0.25, -0.2) is 0 Å². The number of para-hydroxylation sites is 2. The summed E-state index contributed by atoms with van der Waals surface area (Å²) < 4.78 is 6.94. The third-order valence-corrected chi connectivity index (χ3v) is 5.41. The largest absolute Gasteiger partial charge is 0.494 e. The van der Waals surface area contributed by atoms with Crippen LogP contribution < -0.4 is 10.1 Å². The maximum absolute atomic E-state index is 12.4. The molecule has 2 aromatic carbocycles. The quantitative estimate of drug-likeness (QED) is 0.616. The van der Waals surface area contributed by atoms with Gasteiger partial charge in [0.05, 0.1) is 18.9 Å². The smallest absolute Gasteiger partial charge is 0.230 e. The lowest BCUT2D eigenvalue weighted by atomic mass is 10.0. The average molecular weight is 398 g/mol. The van der Waals surface area contributed by atoms with Crippen molar-refractivity contribution in [2.75, 3.05) is 12.9 Å². The fraction of sp³-hybridized carbons (Fsp3) is 0.300. The number of tetrazole rings is 1. The average Bonchev–Trinajstić information content (AvgIpc) is 3.16.